The van der Waals surface area contributed by atoms with Crippen molar-refractivity contribution in [2.75, 3.05) is 6.61 Å². The summed E-state index contributed by atoms with van der Waals surface area (Å²) in [5, 5.41) is 16.8. The lowest BCUT2D eigenvalue weighted by Crippen LogP contribution is -2.33. The zero-order valence-corrected chi connectivity index (χ0v) is 10.5. The molecule has 16 heavy (non-hydrogen) atoms. The van der Waals surface area contributed by atoms with Gasteiger partial charge in [0.15, 0.2) is 0 Å². The zero-order valence-electron chi connectivity index (χ0n) is 10.5. The van der Waals surface area contributed by atoms with E-state index in [0.29, 0.717) is 5.92 Å². The summed E-state index contributed by atoms with van der Waals surface area (Å²) in [5.41, 5.74) is 1.17. The Labute approximate surface area is 97.7 Å². The van der Waals surface area contributed by atoms with Crippen LogP contribution in [0.5, 0.6) is 0 Å². The molecule has 0 radical (unpaired) electrons. The molecule has 4 nitrogen and oxygen atoms in total. The van der Waals surface area contributed by atoms with Gasteiger partial charge < -0.3 is 10.4 Å². The monoisotopic (exact) mass is 225 g/mol. The molecule has 1 heterocycles. The van der Waals surface area contributed by atoms with E-state index < -0.39 is 0 Å². The van der Waals surface area contributed by atoms with Crippen molar-refractivity contribution < 1.29 is 5.11 Å². The van der Waals surface area contributed by atoms with Gasteiger partial charge in [-0.1, -0.05) is 13.8 Å². The van der Waals surface area contributed by atoms with Crippen LogP contribution in [0.4, 0.5) is 0 Å². The lowest BCUT2D eigenvalue weighted by atomic mass is 10.0. The third-order valence-electron chi connectivity index (χ3n) is 2.58. The summed E-state index contributed by atoms with van der Waals surface area (Å²) in [6.45, 7) is 8.27. The molecule has 0 aliphatic heterocycles. The average Bonchev–Trinajstić information content (AvgIpc) is 2.71. The fourth-order valence-corrected chi connectivity index (χ4v) is 1.72. The van der Waals surface area contributed by atoms with E-state index in [-0.39, 0.29) is 12.6 Å². The molecule has 0 aromatic carbocycles. The Bertz CT molecular complexity index is 296. The second kappa shape index (κ2) is 6.66. The zero-order chi connectivity index (χ0) is 12.0. The van der Waals surface area contributed by atoms with Crippen LogP contribution in [0.1, 0.15) is 32.8 Å². The van der Waals surface area contributed by atoms with Gasteiger partial charge in [0.2, 0.25) is 0 Å². The molecule has 0 spiro atoms. The minimum Gasteiger partial charge on any atom is -0.395 e. The standard InChI is InChI=1S/C12H23N3O/c1-4-15-8-11(7-14-15)6-13-12(9-16)5-10(2)3/h7-8,10,12-13,16H,4-6,9H2,1-3H3. The Balaban J connectivity index is 2.36. The second-order valence-electron chi connectivity index (χ2n) is 4.59. The van der Waals surface area contributed by atoms with Gasteiger partial charge in [-0.3, -0.25) is 4.68 Å². The Morgan fingerprint density at radius 1 is 1.50 bits per heavy atom. The Morgan fingerprint density at radius 3 is 2.75 bits per heavy atom. The highest BCUT2D eigenvalue weighted by atomic mass is 16.3. The van der Waals surface area contributed by atoms with E-state index in [1.54, 1.807) is 0 Å². The minimum atomic E-state index is 0.185. The van der Waals surface area contributed by atoms with Gasteiger partial charge >= 0.3 is 0 Å². The molecule has 4 heteroatoms. The first-order chi connectivity index (χ1) is 7.65. The molecular weight excluding hydrogens is 202 g/mol. The van der Waals surface area contributed by atoms with Gasteiger partial charge in [0.1, 0.15) is 0 Å². The molecule has 1 unspecified atom stereocenters. The number of hydrogen-bond donors (Lipinski definition) is 2. The molecule has 1 atom stereocenters. The highest BCUT2D eigenvalue weighted by Crippen LogP contribution is 2.05. The van der Waals surface area contributed by atoms with Crippen molar-refractivity contribution in [1.29, 1.82) is 0 Å². The number of rotatable bonds is 7. The van der Waals surface area contributed by atoms with E-state index in [9.17, 15) is 5.11 Å². The quantitative estimate of drug-likeness (QED) is 0.737. The van der Waals surface area contributed by atoms with Crippen LogP contribution in [0.15, 0.2) is 12.4 Å². The van der Waals surface area contributed by atoms with Gasteiger partial charge in [-0.15, -0.1) is 0 Å². The Kier molecular flexibility index (Phi) is 5.49. The van der Waals surface area contributed by atoms with Gasteiger partial charge in [-0.05, 0) is 19.3 Å². The van der Waals surface area contributed by atoms with Crippen molar-refractivity contribution in [1.82, 2.24) is 15.1 Å². The Morgan fingerprint density at radius 2 is 2.25 bits per heavy atom. The molecular formula is C12H23N3O. The summed E-state index contributed by atoms with van der Waals surface area (Å²) in [4.78, 5) is 0. The normalized spacial score (nSPS) is 13.3. The van der Waals surface area contributed by atoms with Gasteiger partial charge in [0.05, 0.1) is 12.8 Å². The summed E-state index contributed by atoms with van der Waals surface area (Å²) in [7, 11) is 0. The molecule has 1 aromatic heterocycles. The maximum Gasteiger partial charge on any atom is 0.0584 e. The smallest absolute Gasteiger partial charge is 0.0584 e. The van der Waals surface area contributed by atoms with Crippen molar-refractivity contribution in [3.05, 3.63) is 18.0 Å². The van der Waals surface area contributed by atoms with Gasteiger partial charge in [0.25, 0.3) is 0 Å². The van der Waals surface area contributed by atoms with E-state index in [4.69, 9.17) is 0 Å². The predicted molar refractivity (Wildman–Crippen MR) is 65.1 cm³/mol. The lowest BCUT2D eigenvalue weighted by Gasteiger charge is -2.17. The second-order valence-corrected chi connectivity index (χ2v) is 4.59. The fourth-order valence-electron chi connectivity index (χ4n) is 1.72. The number of aryl methyl sites for hydroxylation is 1. The van der Waals surface area contributed by atoms with Crippen molar-refractivity contribution >= 4 is 0 Å². The first-order valence-electron chi connectivity index (χ1n) is 6.01. The summed E-state index contributed by atoms with van der Waals surface area (Å²) < 4.78 is 1.91. The molecule has 0 amide bonds. The third-order valence-corrected chi connectivity index (χ3v) is 2.58. The van der Waals surface area contributed by atoms with E-state index in [0.717, 1.165) is 19.5 Å². The molecule has 0 bridgehead atoms. The SMILES string of the molecule is CCn1cc(CNC(CO)CC(C)C)cn1. The number of aliphatic hydroxyl groups excluding tert-OH is 1. The highest BCUT2D eigenvalue weighted by Gasteiger charge is 2.09. The van der Waals surface area contributed by atoms with Crippen LogP contribution < -0.4 is 5.32 Å². The molecule has 1 rings (SSSR count). The van der Waals surface area contributed by atoms with Crippen molar-refractivity contribution in [3.8, 4) is 0 Å². The van der Waals surface area contributed by atoms with Crippen LogP contribution in [-0.4, -0.2) is 27.5 Å². The summed E-state index contributed by atoms with van der Waals surface area (Å²) >= 11 is 0. The third kappa shape index (κ3) is 4.33. The molecule has 92 valence electrons. The maximum atomic E-state index is 9.22. The predicted octanol–water partition coefficient (Wildman–Crippen LogP) is 1.40. The van der Waals surface area contributed by atoms with Crippen LogP contribution in [-0.2, 0) is 13.1 Å². The van der Waals surface area contributed by atoms with E-state index in [2.05, 4.69) is 31.2 Å². The van der Waals surface area contributed by atoms with E-state index in [1.165, 1.54) is 5.56 Å². The van der Waals surface area contributed by atoms with Crippen LogP contribution in [0, 0.1) is 5.92 Å². The van der Waals surface area contributed by atoms with E-state index in [1.807, 2.05) is 17.1 Å². The first-order valence-corrected chi connectivity index (χ1v) is 6.01. The molecule has 1 aromatic rings. The molecule has 2 N–H and O–H groups in total. The number of aliphatic hydroxyl groups is 1. The maximum absolute atomic E-state index is 9.22. The molecule has 0 saturated heterocycles. The van der Waals surface area contributed by atoms with Gasteiger partial charge in [0, 0.05) is 30.9 Å². The van der Waals surface area contributed by atoms with Crippen LogP contribution in [0.2, 0.25) is 0 Å². The van der Waals surface area contributed by atoms with E-state index >= 15 is 0 Å². The number of hydrogen-bond acceptors (Lipinski definition) is 3. The van der Waals surface area contributed by atoms with Crippen molar-refractivity contribution in [2.45, 2.75) is 46.3 Å². The van der Waals surface area contributed by atoms with Crippen molar-refractivity contribution in [3.63, 3.8) is 0 Å². The van der Waals surface area contributed by atoms with Crippen LogP contribution in [0.25, 0.3) is 0 Å². The Hall–Kier alpha value is -0.870. The fraction of sp³-hybridized carbons (Fsp3) is 0.750. The summed E-state index contributed by atoms with van der Waals surface area (Å²) in [6.07, 6.45) is 4.91. The average molecular weight is 225 g/mol. The summed E-state index contributed by atoms with van der Waals surface area (Å²) in [6, 6.07) is 0.185. The largest absolute Gasteiger partial charge is 0.395 e. The summed E-state index contributed by atoms with van der Waals surface area (Å²) in [5.74, 6) is 0.600. The topological polar surface area (TPSA) is 50.1 Å². The van der Waals surface area contributed by atoms with Crippen LogP contribution in [0.3, 0.4) is 0 Å². The molecule has 0 saturated carbocycles. The number of nitrogens with one attached hydrogen (secondary N) is 1. The number of nitrogens with zero attached hydrogens (tertiary/aromatic N) is 2. The minimum absolute atomic E-state index is 0.185. The molecule has 0 aliphatic rings. The highest BCUT2D eigenvalue weighted by molar-refractivity contribution is 5.03. The van der Waals surface area contributed by atoms with Crippen molar-refractivity contribution in [2.24, 2.45) is 5.92 Å². The van der Waals surface area contributed by atoms with Gasteiger partial charge in [-0.25, -0.2) is 0 Å². The molecule has 0 fully saturated rings. The molecule has 0 aliphatic carbocycles. The van der Waals surface area contributed by atoms with Crippen LogP contribution >= 0.6 is 0 Å². The first kappa shape index (κ1) is 13.2. The van der Waals surface area contributed by atoms with Gasteiger partial charge in [-0.2, -0.15) is 5.10 Å². The number of aromatic nitrogens is 2. The lowest BCUT2D eigenvalue weighted by molar-refractivity contribution is 0.223.